The molecule has 8 nitrogen and oxygen atoms in total. The molecule has 0 aliphatic carbocycles. The van der Waals surface area contributed by atoms with E-state index in [-0.39, 0.29) is 12.1 Å². The van der Waals surface area contributed by atoms with Crippen molar-refractivity contribution in [1.29, 1.82) is 0 Å². The van der Waals surface area contributed by atoms with Gasteiger partial charge in [-0.2, -0.15) is 23.4 Å². The summed E-state index contributed by atoms with van der Waals surface area (Å²) in [7, 11) is 1.85. The summed E-state index contributed by atoms with van der Waals surface area (Å²) in [5.74, 6) is -0.107. The van der Waals surface area contributed by atoms with Crippen LogP contribution in [0.4, 0.5) is 19.0 Å². The summed E-state index contributed by atoms with van der Waals surface area (Å²) in [6.45, 7) is 0.917. The number of anilines is 1. The minimum Gasteiger partial charge on any atom is -0.351 e. The first-order valence-corrected chi connectivity index (χ1v) is 9.74. The number of alkyl halides is 3. The van der Waals surface area contributed by atoms with E-state index in [0.717, 1.165) is 22.5 Å². The van der Waals surface area contributed by atoms with Gasteiger partial charge in [-0.3, -0.25) is 9.48 Å². The standard InChI is InChI=1S/C19H20F3N7O/c1-26-7-13(6-24-26)12-4-16-18(23-11-25-28(16)8-12)27-9-14-2-3-15(10-27)29(14)17(30)5-19(20,21)22/h4,6-8,11,14-15H,2-3,5,9-10H2,1H3. The van der Waals surface area contributed by atoms with Crippen LogP contribution >= 0.6 is 0 Å². The number of fused-ring (bicyclic) bond motifs is 3. The van der Waals surface area contributed by atoms with Gasteiger partial charge in [-0.15, -0.1) is 0 Å². The fourth-order valence-electron chi connectivity index (χ4n) is 4.63. The summed E-state index contributed by atoms with van der Waals surface area (Å²) < 4.78 is 41.6. The first-order valence-electron chi connectivity index (χ1n) is 9.74. The monoisotopic (exact) mass is 419 g/mol. The van der Waals surface area contributed by atoms with Crippen LogP contribution in [0.1, 0.15) is 19.3 Å². The van der Waals surface area contributed by atoms with Crippen molar-refractivity contribution in [2.45, 2.75) is 37.5 Å². The molecular weight excluding hydrogens is 399 g/mol. The molecule has 2 unspecified atom stereocenters. The zero-order valence-corrected chi connectivity index (χ0v) is 16.2. The third kappa shape index (κ3) is 3.27. The van der Waals surface area contributed by atoms with Crippen LogP contribution in [0.25, 0.3) is 16.6 Å². The van der Waals surface area contributed by atoms with Gasteiger partial charge in [-0.25, -0.2) is 9.50 Å². The SMILES string of the molecule is Cn1cc(-c2cc3c(N4CC5CCC(C4)N5C(=O)CC(F)(F)F)ncnn3c2)cn1. The number of aryl methyl sites for hydroxylation is 1. The molecule has 2 fully saturated rings. The molecule has 5 heterocycles. The smallest absolute Gasteiger partial charge is 0.351 e. The second kappa shape index (κ2) is 6.71. The number of nitrogens with zero attached hydrogens (tertiary/aromatic N) is 7. The van der Waals surface area contributed by atoms with Gasteiger partial charge in [0.1, 0.15) is 18.3 Å². The molecule has 2 bridgehead atoms. The molecule has 158 valence electrons. The lowest BCUT2D eigenvalue weighted by Crippen LogP contribution is -2.56. The van der Waals surface area contributed by atoms with E-state index >= 15 is 0 Å². The van der Waals surface area contributed by atoms with Crippen molar-refractivity contribution in [3.8, 4) is 11.1 Å². The normalized spacial score (nSPS) is 21.6. The van der Waals surface area contributed by atoms with Gasteiger partial charge in [0.15, 0.2) is 5.82 Å². The molecule has 3 aromatic rings. The van der Waals surface area contributed by atoms with Gasteiger partial charge in [-0.1, -0.05) is 0 Å². The Morgan fingerprint density at radius 3 is 2.50 bits per heavy atom. The Labute approximate surface area is 169 Å². The lowest BCUT2D eigenvalue weighted by molar-refractivity contribution is -0.163. The van der Waals surface area contributed by atoms with E-state index < -0.39 is 18.5 Å². The van der Waals surface area contributed by atoms with Crippen LogP contribution in [0.15, 0.2) is 31.0 Å². The van der Waals surface area contributed by atoms with Crippen LogP contribution in [0.3, 0.4) is 0 Å². The van der Waals surface area contributed by atoms with Gasteiger partial charge in [0.25, 0.3) is 0 Å². The van der Waals surface area contributed by atoms with E-state index in [1.807, 2.05) is 25.5 Å². The van der Waals surface area contributed by atoms with E-state index in [4.69, 9.17) is 0 Å². The van der Waals surface area contributed by atoms with Crippen LogP contribution in [0, 0.1) is 0 Å². The van der Waals surface area contributed by atoms with E-state index in [0.29, 0.717) is 25.9 Å². The van der Waals surface area contributed by atoms with Crippen molar-refractivity contribution in [1.82, 2.24) is 29.3 Å². The molecule has 0 saturated carbocycles. The Kier molecular flexibility index (Phi) is 4.23. The topological polar surface area (TPSA) is 71.6 Å². The number of hydrogen-bond donors (Lipinski definition) is 0. The van der Waals surface area contributed by atoms with Gasteiger partial charge in [0.05, 0.1) is 6.20 Å². The summed E-state index contributed by atoms with van der Waals surface area (Å²) in [6.07, 6.45) is 2.57. The molecular formula is C19H20F3N7O. The third-order valence-corrected chi connectivity index (χ3v) is 5.85. The summed E-state index contributed by atoms with van der Waals surface area (Å²) in [4.78, 5) is 20.2. The number of aromatic nitrogens is 5. The second-order valence-electron chi connectivity index (χ2n) is 7.93. The van der Waals surface area contributed by atoms with Crippen LogP contribution in [-0.4, -0.2) is 66.5 Å². The third-order valence-electron chi connectivity index (χ3n) is 5.85. The molecule has 2 aliphatic rings. The summed E-state index contributed by atoms with van der Waals surface area (Å²) >= 11 is 0. The fourth-order valence-corrected chi connectivity index (χ4v) is 4.63. The molecule has 0 N–H and O–H groups in total. The highest BCUT2D eigenvalue weighted by atomic mass is 19.4. The predicted octanol–water partition coefficient (Wildman–Crippen LogP) is 2.26. The molecule has 30 heavy (non-hydrogen) atoms. The maximum absolute atomic E-state index is 12.7. The Balaban J connectivity index is 1.42. The number of amides is 1. The molecule has 3 aromatic heterocycles. The van der Waals surface area contributed by atoms with Crippen LogP contribution < -0.4 is 4.90 Å². The van der Waals surface area contributed by atoms with E-state index in [2.05, 4.69) is 20.1 Å². The summed E-state index contributed by atoms with van der Waals surface area (Å²) in [5, 5.41) is 8.49. The Bertz CT molecular complexity index is 1090. The number of hydrogen-bond acceptors (Lipinski definition) is 5. The molecule has 0 aromatic carbocycles. The maximum Gasteiger partial charge on any atom is 0.397 e. The predicted molar refractivity (Wildman–Crippen MR) is 102 cm³/mol. The van der Waals surface area contributed by atoms with Crippen molar-refractivity contribution >= 4 is 17.2 Å². The zero-order chi connectivity index (χ0) is 21.0. The van der Waals surface area contributed by atoms with Crippen LogP contribution in [-0.2, 0) is 11.8 Å². The fraction of sp³-hybridized carbons (Fsp3) is 0.474. The lowest BCUT2D eigenvalue weighted by Gasteiger charge is -2.41. The zero-order valence-electron chi connectivity index (χ0n) is 16.2. The molecule has 2 saturated heterocycles. The number of carbonyl (C=O) groups is 1. The second-order valence-corrected chi connectivity index (χ2v) is 7.93. The van der Waals surface area contributed by atoms with Crippen LogP contribution in [0.5, 0.6) is 0 Å². The largest absolute Gasteiger partial charge is 0.397 e. The van der Waals surface area contributed by atoms with Gasteiger partial charge >= 0.3 is 6.18 Å². The molecule has 2 atom stereocenters. The first-order chi connectivity index (χ1) is 14.3. The number of rotatable bonds is 3. The highest BCUT2D eigenvalue weighted by Gasteiger charge is 2.45. The summed E-state index contributed by atoms with van der Waals surface area (Å²) in [5.41, 5.74) is 2.72. The maximum atomic E-state index is 12.7. The van der Waals surface area contributed by atoms with E-state index in [1.54, 1.807) is 15.4 Å². The lowest BCUT2D eigenvalue weighted by atomic mass is 10.1. The Morgan fingerprint density at radius 2 is 1.87 bits per heavy atom. The van der Waals surface area contributed by atoms with Crippen molar-refractivity contribution in [3.63, 3.8) is 0 Å². The van der Waals surface area contributed by atoms with Gasteiger partial charge in [0.2, 0.25) is 5.91 Å². The van der Waals surface area contributed by atoms with E-state index in [9.17, 15) is 18.0 Å². The van der Waals surface area contributed by atoms with Crippen molar-refractivity contribution in [3.05, 3.63) is 31.0 Å². The van der Waals surface area contributed by atoms with Crippen LogP contribution in [0.2, 0.25) is 0 Å². The quantitative estimate of drug-likeness (QED) is 0.651. The van der Waals surface area contributed by atoms with Gasteiger partial charge in [-0.05, 0) is 18.9 Å². The number of piperazine rings is 1. The number of halogens is 3. The molecule has 0 radical (unpaired) electrons. The average molecular weight is 419 g/mol. The molecule has 0 spiro atoms. The van der Waals surface area contributed by atoms with Crippen molar-refractivity contribution < 1.29 is 18.0 Å². The summed E-state index contributed by atoms with van der Waals surface area (Å²) in [6, 6.07) is 1.51. The molecule has 1 amide bonds. The van der Waals surface area contributed by atoms with Gasteiger partial charge < -0.3 is 9.80 Å². The number of carbonyl (C=O) groups excluding carboxylic acids is 1. The minimum atomic E-state index is -4.49. The van der Waals surface area contributed by atoms with E-state index in [1.165, 1.54) is 11.2 Å². The molecule has 11 heteroatoms. The highest BCUT2D eigenvalue weighted by molar-refractivity contribution is 5.80. The molecule has 2 aliphatic heterocycles. The first kappa shape index (κ1) is 18.9. The van der Waals surface area contributed by atoms with Crippen molar-refractivity contribution in [2.24, 2.45) is 7.05 Å². The minimum absolute atomic E-state index is 0.235. The Morgan fingerprint density at radius 1 is 1.13 bits per heavy atom. The molecule has 5 rings (SSSR count). The average Bonchev–Trinajstić information content (AvgIpc) is 3.35. The van der Waals surface area contributed by atoms with Crippen molar-refractivity contribution in [2.75, 3.05) is 18.0 Å². The van der Waals surface area contributed by atoms with Gasteiger partial charge in [0, 0.05) is 55.7 Å². The highest BCUT2D eigenvalue weighted by Crippen LogP contribution is 2.36. The Hall–Kier alpha value is -3.11.